The third kappa shape index (κ3) is 3.95. The summed E-state index contributed by atoms with van der Waals surface area (Å²) in [4.78, 5) is 0. The van der Waals surface area contributed by atoms with Gasteiger partial charge in [-0.15, -0.1) is 0 Å². The highest BCUT2D eigenvalue weighted by Crippen LogP contribution is 2.57. The van der Waals surface area contributed by atoms with Crippen molar-refractivity contribution in [2.24, 2.45) is 17.3 Å². The van der Waals surface area contributed by atoms with Crippen molar-refractivity contribution >= 4 is 0 Å². The first kappa shape index (κ1) is 15.3. The van der Waals surface area contributed by atoms with Crippen molar-refractivity contribution in [2.75, 3.05) is 13.2 Å². The molecular formula is C17H33NO. The van der Waals surface area contributed by atoms with Crippen molar-refractivity contribution in [3.63, 3.8) is 0 Å². The lowest BCUT2D eigenvalue weighted by atomic mass is 9.70. The Labute approximate surface area is 119 Å². The molecule has 0 heterocycles. The topological polar surface area (TPSA) is 21.3 Å². The van der Waals surface area contributed by atoms with E-state index in [1.54, 1.807) is 0 Å². The van der Waals surface area contributed by atoms with E-state index >= 15 is 0 Å². The lowest BCUT2D eigenvalue weighted by Crippen LogP contribution is -2.42. The van der Waals surface area contributed by atoms with Crippen LogP contribution < -0.4 is 5.32 Å². The molecule has 0 aromatic rings. The minimum absolute atomic E-state index is 0.00425. The van der Waals surface area contributed by atoms with Gasteiger partial charge in [0.15, 0.2) is 0 Å². The Kier molecular flexibility index (Phi) is 4.62. The Morgan fingerprint density at radius 3 is 2.47 bits per heavy atom. The molecule has 2 nitrogen and oxygen atoms in total. The van der Waals surface area contributed by atoms with Crippen molar-refractivity contribution in [3.8, 4) is 0 Å². The Hall–Kier alpha value is -0.0800. The van der Waals surface area contributed by atoms with Crippen LogP contribution >= 0.6 is 0 Å². The second-order valence-electron chi connectivity index (χ2n) is 8.19. The second-order valence-corrected chi connectivity index (χ2v) is 8.19. The van der Waals surface area contributed by atoms with Gasteiger partial charge in [0.1, 0.15) is 0 Å². The molecule has 2 aliphatic carbocycles. The van der Waals surface area contributed by atoms with Crippen LogP contribution in [0.2, 0.25) is 0 Å². The Bertz CT molecular complexity index is 294. The monoisotopic (exact) mass is 267 g/mol. The van der Waals surface area contributed by atoms with Crippen LogP contribution in [0.5, 0.6) is 0 Å². The van der Waals surface area contributed by atoms with Gasteiger partial charge in [-0.3, -0.25) is 0 Å². The van der Waals surface area contributed by atoms with Crippen LogP contribution in [0, 0.1) is 17.3 Å². The molecule has 112 valence electrons. The first-order valence-electron chi connectivity index (χ1n) is 8.18. The Morgan fingerprint density at radius 1 is 1.26 bits per heavy atom. The molecule has 0 spiro atoms. The third-order valence-electron chi connectivity index (χ3n) is 5.10. The SMILES string of the molecule is CC(C)NCC1(CCOC(C)(C)C)CC2CCC1C2. The number of hydrogen-bond acceptors (Lipinski definition) is 2. The number of hydrogen-bond donors (Lipinski definition) is 1. The molecule has 2 aliphatic rings. The molecule has 0 radical (unpaired) electrons. The molecule has 2 saturated carbocycles. The summed E-state index contributed by atoms with van der Waals surface area (Å²) in [6, 6.07) is 0.597. The van der Waals surface area contributed by atoms with Crippen molar-refractivity contribution in [2.45, 2.75) is 78.4 Å². The summed E-state index contributed by atoms with van der Waals surface area (Å²) in [7, 11) is 0. The smallest absolute Gasteiger partial charge is 0.0598 e. The molecule has 3 unspecified atom stereocenters. The minimum atomic E-state index is 0.00425. The van der Waals surface area contributed by atoms with Crippen LogP contribution in [0.3, 0.4) is 0 Å². The molecule has 2 bridgehead atoms. The zero-order chi connectivity index (χ0) is 14.1. The molecule has 2 rings (SSSR count). The van der Waals surface area contributed by atoms with Crippen LogP contribution in [0.1, 0.15) is 66.7 Å². The maximum atomic E-state index is 6.00. The van der Waals surface area contributed by atoms with Gasteiger partial charge in [-0.2, -0.15) is 0 Å². The minimum Gasteiger partial charge on any atom is -0.376 e. The average molecular weight is 267 g/mol. The lowest BCUT2D eigenvalue weighted by molar-refractivity contribution is -0.0270. The van der Waals surface area contributed by atoms with E-state index in [0.29, 0.717) is 11.5 Å². The summed E-state index contributed by atoms with van der Waals surface area (Å²) in [5.74, 6) is 1.96. The summed E-state index contributed by atoms with van der Waals surface area (Å²) in [6.07, 6.45) is 7.10. The average Bonchev–Trinajstić information content (AvgIpc) is 2.85. The zero-order valence-corrected chi connectivity index (χ0v) is 13.6. The molecular weight excluding hydrogens is 234 g/mol. The molecule has 1 N–H and O–H groups in total. The van der Waals surface area contributed by atoms with E-state index in [0.717, 1.165) is 18.4 Å². The fraction of sp³-hybridized carbons (Fsp3) is 1.00. The van der Waals surface area contributed by atoms with Crippen LogP contribution in [0.4, 0.5) is 0 Å². The maximum absolute atomic E-state index is 6.00. The zero-order valence-electron chi connectivity index (χ0n) is 13.6. The van der Waals surface area contributed by atoms with Crippen molar-refractivity contribution in [1.29, 1.82) is 0 Å². The van der Waals surface area contributed by atoms with E-state index in [9.17, 15) is 0 Å². The van der Waals surface area contributed by atoms with Crippen LogP contribution in [-0.4, -0.2) is 24.8 Å². The molecule has 0 aromatic heterocycles. The Morgan fingerprint density at radius 2 is 2.00 bits per heavy atom. The summed E-state index contributed by atoms with van der Waals surface area (Å²) < 4.78 is 6.00. The number of rotatable bonds is 6. The largest absolute Gasteiger partial charge is 0.376 e. The third-order valence-corrected chi connectivity index (χ3v) is 5.10. The van der Waals surface area contributed by atoms with Gasteiger partial charge in [0.25, 0.3) is 0 Å². The maximum Gasteiger partial charge on any atom is 0.0598 e. The summed E-state index contributed by atoms with van der Waals surface area (Å²) in [5, 5.41) is 3.71. The molecule has 2 heteroatoms. The van der Waals surface area contributed by atoms with Gasteiger partial charge in [0.2, 0.25) is 0 Å². The van der Waals surface area contributed by atoms with Crippen LogP contribution in [0.15, 0.2) is 0 Å². The lowest BCUT2D eigenvalue weighted by Gasteiger charge is -2.39. The van der Waals surface area contributed by atoms with Gasteiger partial charge >= 0.3 is 0 Å². The predicted molar refractivity (Wildman–Crippen MR) is 81.3 cm³/mol. The molecule has 3 atom stereocenters. The summed E-state index contributed by atoms with van der Waals surface area (Å²) in [5.41, 5.74) is 0.530. The van der Waals surface area contributed by atoms with Gasteiger partial charge < -0.3 is 10.1 Å². The van der Waals surface area contributed by atoms with Gasteiger partial charge in [0, 0.05) is 19.2 Å². The van der Waals surface area contributed by atoms with E-state index in [4.69, 9.17) is 4.74 Å². The van der Waals surface area contributed by atoms with Gasteiger partial charge in [-0.1, -0.05) is 20.3 Å². The van der Waals surface area contributed by atoms with Crippen LogP contribution in [0.25, 0.3) is 0 Å². The van der Waals surface area contributed by atoms with E-state index in [1.807, 2.05) is 0 Å². The van der Waals surface area contributed by atoms with Gasteiger partial charge in [-0.05, 0) is 63.7 Å². The molecule has 0 amide bonds. The normalized spacial score (nSPS) is 34.4. The fourth-order valence-electron chi connectivity index (χ4n) is 4.14. The highest BCUT2D eigenvalue weighted by atomic mass is 16.5. The second kappa shape index (κ2) is 5.73. The molecule has 2 fully saturated rings. The predicted octanol–water partition coefficient (Wildman–Crippen LogP) is 4.00. The summed E-state index contributed by atoms with van der Waals surface area (Å²) >= 11 is 0. The summed E-state index contributed by atoms with van der Waals surface area (Å²) in [6.45, 7) is 13.1. The number of ether oxygens (including phenoxy) is 1. The fourth-order valence-corrected chi connectivity index (χ4v) is 4.14. The first-order chi connectivity index (χ1) is 8.81. The quantitative estimate of drug-likeness (QED) is 0.785. The highest BCUT2D eigenvalue weighted by Gasteiger charge is 2.50. The van der Waals surface area contributed by atoms with Crippen LogP contribution in [-0.2, 0) is 4.74 Å². The van der Waals surface area contributed by atoms with E-state index in [2.05, 4.69) is 39.9 Å². The van der Waals surface area contributed by atoms with Crippen molar-refractivity contribution in [3.05, 3.63) is 0 Å². The highest BCUT2D eigenvalue weighted by molar-refractivity contribution is 5.01. The Balaban J connectivity index is 1.91. The first-order valence-corrected chi connectivity index (χ1v) is 8.18. The van der Waals surface area contributed by atoms with Gasteiger partial charge in [0.05, 0.1) is 5.60 Å². The van der Waals surface area contributed by atoms with Crippen molar-refractivity contribution in [1.82, 2.24) is 5.32 Å². The molecule has 0 saturated heterocycles. The molecule has 0 aromatic carbocycles. The molecule has 19 heavy (non-hydrogen) atoms. The van der Waals surface area contributed by atoms with Crippen molar-refractivity contribution < 1.29 is 4.74 Å². The number of fused-ring (bicyclic) bond motifs is 2. The van der Waals surface area contributed by atoms with E-state index < -0.39 is 0 Å². The van der Waals surface area contributed by atoms with E-state index in [1.165, 1.54) is 38.6 Å². The van der Waals surface area contributed by atoms with Gasteiger partial charge in [-0.25, -0.2) is 0 Å². The standard InChI is InChI=1S/C17H33NO/c1-13(2)18-12-17(8-9-19-16(3,4)5)11-14-6-7-15(17)10-14/h13-15,18H,6-12H2,1-5H3. The van der Waals surface area contributed by atoms with E-state index in [-0.39, 0.29) is 5.60 Å². The number of nitrogens with one attached hydrogen (secondary N) is 1. The molecule has 0 aliphatic heterocycles.